The maximum absolute atomic E-state index is 11.7. The molecular weight excluding hydrogens is 228 g/mol. The van der Waals surface area contributed by atoms with Gasteiger partial charge < -0.3 is 15.0 Å². The Kier molecular flexibility index (Phi) is 3.87. The molecular formula is C14H20N2O2. The summed E-state index contributed by atoms with van der Waals surface area (Å²) in [5.74, 6) is 0.0270. The third kappa shape index (κ3) is 2.82. The molecule has 1 saturated heterocycles. The van der Waals surface area contributed by atoms with E-state index in [-0.39, 0.29) is 12.0 Å². The van der Waals surface area contributed by atoms with Crippen LogP contribution in [0.15, 0.2) is 24.3 Å². The van der Waals surface area contributed by atoms with Crippen LogP contribution in [0, 0.1) is 0 Å². The summed E-state index contributed by atoms with van der Waals surface area (Å²) in [5, 5.41) is 3.44. The number of nitrogens with zero attached hydrogens (tertiary/aromatic N) is 1. The van der Waals surface area contributed by atoms with Crippen molar-refractivity contribution in [2.45, 2.75) is 25.5 Å². The minimum Gasteiger partial charge on any atom is -0.380 e. The number of anilines is 1. The van der Waals surface area contributed by atoms with E-state index in [9.17, 15) is 4.79 Å². The van der Waals surface area contributed by atoms with Crippen LogP contribution in [0.3, 0.4) is 0 Å². The van der Waals surface area contributed by atoms with E-state index in [1.54, 1.807) is 19.0 Å². The molecule has 1 aromatic carbocycles. The van der Waals surface area contributed by atoms with E-state index in [4.69, 9.17) is 4.74 Å². The van der Waals surface area contributed by atoms with Crippen molar-refractivity contribution in [3.63, 3.8) is 0 Å². The number of hydrogen-bond acceptors (Lipinski definition) is 3. The molecule has 98 valence electrons. The van der Waals surface area contributed by atoms with Crippen LogP contribution < -0.4 is 5.32 Å². The van der Waals surface area contributed by atoms with Crippen LogP contribution in [0.1, 0.15) is 23.7 Å². The van der Waals surface area contributed by atoms with Crippen LogP contribution in [-0.4, -0.2) is 43.7 Å². The van der Waals surface area contributed by atoms with Crippen molar-refractivity contribution in [3.05, 3.63) is 29.8 Å². The summed E-state index contributed by atoms with van der Waals surface area (Å²) in [6, 6.07) is 7.96. The maximum Gasteiger partial charge on any atom is 0.253 e. The number of nitrogens with one attached hydrogen (secondary N) is 1. The standard InChI is InChI=1S/C14H20N2O2/c1-10-13(8-9-18-10)15-12-6-4-11(5-7-12)14(17)16(2)3/h4-7,10,13,15H,8-9H2,1-3H3. The first-order valence-corrected chi connectivity index (χ1v) is 6.28. The topological polar surface area (TPSA) is 41.6 Å². The van der Waals surface area contributed by atoms with Crippen LogP contribution in [0.4, 0.5) is 5.69 Å². The molecule has 1 fully saturated rings. The first-order valence-electron chi connectivity index (χ1n) is 6.28. The van der Waals surface area contributed by atoms with Crippen LogP contribution in [0.5, 0.6) is 0 Å². The van der Waals surface area contributed by atoms with Gasteiger partial charge in [-0.15, -0.1) is 0 Å². The molecule has 1 aromatic rings. The highest BCUT2D eigenvalue weighted by Gasteiger charge is 2.23. The number of carbonyl (C=O) groups excluding carboxylic acids is 1. The number of benzene rings is 1. The first-order chi connectivity index (χ1) is 8.58. The van der Waals surface area contributed by atoms with E-state index in [2.05, 4.69) is 12.2 Å². The van der Waals surface area contributed by atoms with Crippen LogP contribution >= 0.6 is 0 Å². The highest BCUT2D eigenvalue weighted by Crippen LogP contribution is 2.19. The lowest BCUT2D eigenvalue weighted by molar-refractivity contribution is 0.0827. The second-order valence-corrected chi connectivity index (χ2v) is 4.89. The van der Waals surface area contributed by atoms with Crippen molar-refractivity contribution >= 4 is 11.6 Å². The third-order valence-electron chi connectivity index (χ3n) is 3.27. The van der Waals surface area contributed by atoms with Gasteiger partial charge in [-0.3, -0.25) is 4.79 Å². The SMILES string of the molecule is CC1OCCC1Nc1ccc(C(=O)N(C)C)cc1. The Bertz CT molecular complexity index is 414. The van der Waals surface area contributed by atoms with Crippen molar-refractivity contribution < 1.29 is 9.53 Å². The summed E-state index contributed by atoms with van der Waals surface area (Å²) in [6.45, 7) is 2.89. The molecule has 2 unspecified atom stereocenters. The number of hydrogen-bond donors (Lipinski definition) is 1. The van der Waals surface area contributed by atoms with Crippen molar-refractivity contribution in [2.75, 3.05) is 26.0 Å². The van der Waals surface area contributed by atoms with E-state index in [0.29, 0.717) is 11.6 Å². The number of carbonyl (C=O) groups is 1. The van der Waals surface area contributed by atoms with E-state index in [1.165, 1.54) is 0 Å². The van der Waals surface area contributed by atoms with Crippen LogP contribution in [-0.2, 0) is 4.74 Å². The van der Waals surface area contributed by atoms with Gasteiger partial charge in [0.2, 0.25) is 0 Å². The maximum atomic E-state index is 11.7. The van der Waals surface area contributed by atoms with Gasteiger partial charge in [0.15, 0.2) is 0 Å². The Morgan fingerprint density at radius 1 is 1.33 bits per heavy atom. The van der Waals surface area contributed by atoms with Crippen LogP contribution in [0.25, 0.3) is 0 Å². The summed E-state index contributed by atoms with van der Waals surface area (Å²) in [4.78, 5) is 13.3. The minimum atomic E-state index is 0.0270. The normalized spacial score (nSPS) is 22.8. The zero-order chi connectivity index (χ0) is 13.1. The molecule has 0 radical (unpaired) electrons. The van der Waals surface area contributed by atoms with Gasteiger partial charge in [-0.25, -0.2) is 0 Å². The van der Waals surface area contributed by atoms with Crippen LogP contribution in [0.2, 0.25) is 0 Å². The van der Waals surface area contributed by atoms with Gasteiger partial charge in [0.1, 0.15) is 0 Å². The minimum absolute atomic E-state index is 0.0270. The lowest BCUT2D eigenvalue weighted by atomic mass is 10.1. The molecule has 2 atom stereocenters. The van der Waals surface area contributed by atoms with E-state index >= 15 is 0 Å². The molecule has 1 heterocycles. The van der Waals surface area contributed by atoms with Crippen molar-refractivity contribution in [3.8, 4) is 0 Å². The molecule has 1 N–H and O–H groups in total. The van der Waals surface area contributed by atoms with Crippen molar-refractivity contribution in [1.29, 1.82) is 0 Å². The van der Waals surface area contributed by atoms with Gasteiger partial charge in [-0.1, -0.05) is 0 Å². The summed E-state index contributed by atoms with van der Waals surface area (Å²) >= 11 is 0. The van der Waals surface area contributed by atoms with Gasteiger partial charge in [-0.2, -0.15) is 0 Å². The van der Waals surface area contributed by atoms with Gasteiger partial charge in [0, 0.05) is 32.0 Å². The molecule has 0 aromatic heterocycles. The molecule has 0 aliphatic carbocycles. The summed E-state index contributed by atoms with van der Waals surface area (Å²) < 4.78 is 5.51. The molecule has 18 heavy (non-hydrogen) atoms. The lowest BCUT2D eigenvalue weighted by Crippen LogP contribution is -2.26. The average Bonchev–Trinajstić information content (AvgIpc) is 2.75. The van der Waals surface area contributed by atoms with Crippen molar-refractivity contribution in [2.24, 2.45) is 0 Å². The Morgan fingerprint density at radius 3 is 2.50 bits per heavy atom. The van der Waals surface area contributed by atoms with E-state index in [0.717, 1.165) is 18.7 Å². The quantitative estimate of drug-likeness (QED) is 0.889. The second-order valence-electron chi connectivity index (χ2n) is 4.89. The molecule has 1 aliphatic heterocycles. The molecule has 2 rings (SSSR count). The number of rotatable bonds is 3. The van der Waals surface area contributed by atoms with Gasteiger partial charge in [-0.05, 0) is 37.6 Å². The highest BCUT2D eigenvalue weighted by atomic mass is 16.5. The fourth-order valence-electron chi connectivity index (χ4n) is 2.10. The molecule has 4 heteroatoms. The summed E-state index contributed by atoms with van der Waals surface area (Å²) in [7, 11) is 3.51. The lowest BCUT2D eigenvalue weighted by Gasteiger charge is -2.17. The number of amides is 1. The Labute approximate surface area is 108 Å². The van der Waals surface area contributed by atoms with Gasteiger partial charge >= 0.3 is 0 Å². The average molecular weight is 248 g/mol. The molecule has 0 saturated carbocycles. The largest absolute Gasteiger partial charge is 0.380 e. The van der Waals surface area contributed by atoms with Gasteiger partial charge in [0.25, 0.3) is 5.91 Å². The molecule has 4 nitrogen and oxygen atoms in total. The molecule has 1 amide bonds. The third-order valence-corrected chi connectivity index (χ3v) is 3.27. The Hall–Kier alpha value is -1.55. The predicted octanol–water partition coefficient (Wildman–Crippen LogP) is 1.98. The summed E-state index contributed by atoms with van der Waals surface area (Å²) in [6.07, 6.45) is 1.27. The monoisotopic (exact) mass is 248 g/mol. The molecule has 0 spiro atoms. The molecule has 1 aliphatic rings. The smallest absolute Gasteiger partial charge is 0.253 e. The second kappa shape index (κ2) is 5.40. The molecule has 0 bridgehead atoms. The fraction of sp³-hybridized carbons (Fsp3) is 0.500. The Morgan fingerprint density at radius 2 is 2.00 bits per heavy atom. The zero-order valence-electron chi connectivity index (χ0n) is 11.1. The first kappa shape index (κ1) is 12.9. The predicted molar refractivity (Wildman–Crippen MR) is 71.9 cm³/mol. The Balaban J connectivity index is 2.01. The van der Waals surface area contributed by atoms with E-state index in [1.807, 2.05) is 24.3 Å². The number of ether oxygens (including phenoxy) is 1. The summed E-state index contributed by atoms with van der Waals surface area (Å²) in [5.41, 5.74) is 1.74. The fourth-order valence-corrected chi connectivity index (χ4v) is 2.10. The van der Waals surface area contributed by atoms with Crippen molar-refractivity contribution in [1.82, 2.24) is 4.90 Å². The van der Waals surface area contributed by atoms with Gasteiger partial charge in [0.05, 0.1) is 12.1 Å². The highest BCUT2D eigenvalue weighted by molar-refractivity contribution is 5.94. The zero-order valence-corrected chi connectivity index (χ0v) is 11.1. The van der Waals surface area contributed by atoms with E-state index < -0.39 is 0 Å².